The van der Waals surface area contributed by atoms with Gasteiger partial charge in [-0.1, -0.05) is 30.3 Å². The molecule has 23 heavy (non-hydrogen) atoms. The van der Waals surface area contributed by atoms with E-state index in [-0.39, 0.29) is 5.91 Å². The van der Waals surface area contributed by atoms with Crippen LogP contribution in [0.1, 0.15) is 28.7 Å². The average Bonchev–Trinajstić information content (AvgIpc) is 3.01. The topological polar surface area (TPSA) is 32.3 Å². The maximum Gasteiger partial charge on any atom is 0.224 e. The van der Waals surface area contributed by atoms with Gasteiger partial charge in [-0.2, -0.15) is 0 Å². The summed E-state index contributed by atoms with van der Waals surface area (Å²) in [5.41, 5.74) is 6.28. The van der Waals surface area contributed by atoms with Crippen molar-refractivity contribution in [2.45, 2.75) is 32.2 Å². The van der Waals surface area contributed by atoms with Crippen molar-refractivity contribution in [1.82, 2.24) is 5.32 Å². The molecule has 0 radical (unpaired) electrons. The van der Waals surface area contributed by atoms with Crippen molar-refractivity contribution in [2.24, 2.45) is 0 Å². The largest absolute Gasteiger partial charge is 0.378 e. The lowest BCUT2D eigenvalue weighted by atomic mass is 10.0. The summed E-state index contributed by atoms with van der Waals surface area (Å²) in [4.78, 5) is 14.2. The first-order valence-electron chi connectivity index (χ1n) is 8.25. The van der Waals surface area contributed by atoms with Gasteiger partial charge in [-0.15, -0.1) is 0 Å². The molecule has 1 N–H and O–H groups in total. The second-order valence-corrected chi connectivity index (χ2v) is 6.47. The second-order valence-electron chi connectivity index (χ2n) is 6.47. The third-order valence-corrected chi connectivity index (χ3v) is 4.47. The summed E-state index contributed by atoms with van der Waals surface area (Å²) >= 11 is 0. The molecule has 0 saturated heterocycles. The van der Waals surface area contributed by atoms with Gasteiger partial charge in [0.25, 0.3) is 0 Å². The Labute approximate surface area is 138 Å². The summed E-state index contributed by atoms with van der Waals surface area (Å²) in [5.74, 6) is 0.0830. The van der Waals surface area contributed by atoms with Gasteiger partial charge in [0.2, 0.25) is 5.91 Å². The zero-order valence-electron chi connectivity index (χ0n) is 13.9. The van der Waals surface area contributed by atoms with E-state index in [1.54, 1.807) is 0 Å². The number of nitrogens with zero attached hydrogens (tertiary/aromatic N) is 1. The molecule has 2 aromatic rings. The van der Waals surface area contributed by atoms with Crippen LogP contribution in [0, 0.1) is 0 Å². The molecule has 0 heterocycles. The molecule has 3 heteroatoms. The van der Waals surface area contributed by atoms with E-state index in [4.69, 9.17) is 0 Å². The molecule has 0 spiro atoms. The normalized spacial score (nSPS) is 12.8. The Bertz CT molecular complexity index is 689. The molecule has 0 aliphatic heterocycles. The Balaban J connectivity index is 1.53. The van der Waals surface area contributed by atoms with Gasteiger partial charge in [0, 0.05) is 26.3 Å². The van der Waals surface area contributed by atoms with E-state index in [1.807, 2.05) is 14.1 Å². The molecule has 2 aromatic carbocycles. The number of amides is 1. The van der Waals surface area contributed by atoms with Crippen molar-refractivity contribution in [3.63, 3.8) is 0 Å². The van der Waals surface area contributed by atoms with Gasteiger partial charge in [-0.3, -0.25) is 4.79 Å². The number of hydrogen-bond acceptors (Lipinski definition) is 2. The Hall–Kier alpha value is -2.29. The molecule has 0 bridgehead atoms. The molecule has 1 aliphatic rings. The Morgan fingerprint density at radius 1 is 1.00 bits per heavy atom. The summed E-state index contributed by atoms with van der Waals surface area (Å²) in [6.07, 6.45) is 4.05. The fourth-order valence-corrected chi connectivity index (χ4v) is 3.10. The van der Waals surface area contributed by atoms with Crippen LogP contribution in [0.3, 0.4) is 0 Å². The number of rotatable bonds is 5. The van der Waals surface area contributed by atoms with Gasteiger partial charge in [-0.25, -0.2) is 0 Å². The fourth-order valence-electron chi connectivity index (χ4n) is 3.10. The van der Waals surface area contributed by atoms with Crippen molar-refractivity contribution in [3.8, 4) is 0 Å². The Morgan fingerprint density at radius 3 is 2.43 bits per heavy atom. The molecule has 0 unspecified atom stereocenters. The van der Waals surface area contributed by atoms with E-state index < -0.39 is 0 Å². The molecule has 0 aromatic heterocycles. The maximum absolute atomic E-state index is 12.1. The van der Waals surface area contributed by atoms with E-state index in [2.05, 4.69) is 52.7 Å². The summed E-state index contributed by atoms with van der Waals surface area (Å²) in [7, 11) is 4.04. The SMILES string of the molecule is CN(C)c1ccc(CNC(=O)Cc2ccc3c(c2)CCC3)cc1. The van der Waals surface area contributed by atoms with E-state index in [9.17, 15) is 4.79 Å². The summed E-state index contributed by atoms with van der Waals surface area (Å²) in [6, 6.07) is 14.7. The van der Waals surface area contributed by atoms with E-state index in [0.717, 1.165) is 17.5 Å². The van der Waals surface area contributed by atoms with Gasteiger partial charge in [0.1, 0.15) is 0 Å². The van der Waals surface area contributed by atoms with Crippen LogP contribution in [-0.4, -0.2) is 20.0 Å². The van der Waals surface area contributed by atoms with Crippen LogP contribution in [0.5, 0.6) is 0 Å². The summed E-state index contributed by atoms with van der Waals surface area (Å²) < 4.78 is 0. The van der Waals surface area contributed by atoms with Gasteiger partial charge in [0.15, 0.2) is 0 Å². The zero-order valence-corrected chi connectivity index (χ0v) is 13.9. The first-order chi connectivity index (χ1) is 11.1. The van der Waals surface area contributed by atoms with Crippen molar-refractivity contribution < 1.29 is 4.79 Å². The van der Waals surface area contributed by atoms with Crippen LogP contribution in [0.4, 0.5) is 5.69 Å². The quantitative estimate of drug-likeness (QED) is 0.920. The van der Waals surface area contributed by atoms with Crippen LogP contribution >= 0.6 is 0 Å². The number of anilines is 1. The number of nitrogens with one attached hydrogen (secondary N) is 1. The average molecular weight is 308 g/mol. The zero-order chi connectivity index (χ0) is 16.2. The number of carbonyl (C=O) groups is 1. The predicted octanol–water partition coefficient (Wildman–Crippen LogP) is 3.10. The second kappa shape index (κ2) is 6.86. The van der Waals surface area contributed by atoms with Gasteiger partial charge >= 0.3 is 0 Å². The number of carbonyl (C=O) groups excluding carboxylic acids is 1. The third-order valence-electron chi connectivity index (χ3n) is 4.47. The molecule has 1 aliphatic carbocycles. The minimum atomic E-state index is 0.0830. The highest BCUT2D eigenvalue weighted by Crippen LogP contribution is 2.23. The van der Waals surface area contributed by atoms with Crippen molar-refractivity contribution in [1.29, 1.82) is 0 Å². The molecular formula is C20H24N2O. The molecular weight excluding hydrogens is 284 g/mol. The molecule has 0 atom stereocenters. The van der Waals surface area contributed by atoms with Crippen molar-refractivity contribution >= 4 is 11.6 Å². The van der Waals surface area contributed by atoms with Gasteiger partial charge < -0.3 is 10.2 Å². The summed E-state index contributed by atoms with van der Waals surface area (Å²) in [6.45, 7) is 0.581. The lowest BCUT2D eigenvalue weighted by Gasteiger charge is -2.13. The highest BCUT2D eigenvalue weighted by Gasteiger charge is 2.12. The first-order valence-corrected chi connectivity index (χ1v) is 8.25. The maximum atomic E-state index is 12.1. The Kier molecular flexibility index (Phi) is 4.65. The molecule has 120 valence electrons. The predicted molar refractivity (Wildman–Crippen MR) is 94.8 cm³/mol. The number of benzene rings is 2. The number of aryl methyl sites for hydroxylation is 2. The third kappa shape index (κ3) is 3.92. The van der Waals surface area contributed by atoms with Gasteiger partial charge in [0.05, 0.1) is 6.42 Å². The lowest BCUT2D eigenvalue weighted by molar-refractivity contribution is -0.120. The fraction of sp³-hybridized carbons (Fsp3) is 0.350. The van der Waals surface area contributed by atoms with E-state index in [1.165, 1.54) is 29.7 Å². The molecule has 0 saturated carbocycles. The smallest absolute Gasteiger partial charge is 0.224 e. The monoisotopic (exact) mass is 308 g/mol. The van der Waals surface area contributed by atoms with E-state index in [0.29, 0.717) is 13.0 Å². The van der Waals surface area contributed by atoms with Crippen LogP contribution in [0.15, 0.2) is 42.5 Å². The lowest BCUT2D eigenvalue weighted by Crippen LogP contribution is -2.24. The van der Waals surface area contributed by atoms with Gasteiger partial charge in [-0.05, 0) is 53.6 Å². The number of fused-ring (bicyclic) bond motifs is 1. The molecule has 3 rings (SSSR count). The van der Waals surface area contributed by atoms with Crippen molar-refractivity contribution in [3.05, 3.63) is 64.7 Å². The van der Waals surface area contributed by atoms with Crippen LogP contribution < -0.4 is 10.2 Å². The first kappa shape index (κ1) is 15.6. The minimum Gasteiger partial charge on any atom is -0.378 e. The molecule has 0 fully saturated rings. The van der Waals surface area contributed by atoms with Crippen LogP contribution in [0.25, 0.3) is 0 Å². The highest BCUT2D eigenvalue weighted by atomic mass is 16.1. The van der Waals surface area contributed by atoms with E-state index >= 15 is 0 Å². The standard InChI is InChI=1S/C20H24N2O/c1-22(2)19-10-7-15(8-11-19)14-21-20(23)13-16-6-9-17-4-3-5-18(17)12-16/h6-12H,3-5,13-14H2,1-2H3,(H,21,23). The number of hydrogen-bond donors (Lipinski definition) is 1. The minimum absolute atomic E-state index is 0.0830. The molecule has 3 nitrogen and oxygen atoms in total. The highest BCUT2D eigenvalue weighted by molar-refractivity contribution is 5.78. The van der Waals surface area contributed by atoms with Crippen LogP contribution in [-0.2, 0) is 30.6 Å². The Morgan fingerprint density at radius 2 is 1.70 bits per heavy atom. The van der Waals surface area contributed by atoms with Crippen molar-refractivity contribution in [2.75, 3.05) is 19.0 Å². The summed E-state index contributed by atoms with van der Waals surface area (Å²) in [5, 5.41) is 3.01. The van der Waals surface area contributed by atoms with Crippen LogP contribution in [0.2, 0.25) is 0 Å². The molecule has 1 amide bonds.